The number of nitrogens with zero attached hydrogens (tertiary/aromatic N) is 1. The zero-order valence-electron chi connectivity index (χ0n) is 12.3. The van der Waals surface area contributed by atoms with E-state index in [4.69, 9.17) is 10.5 Å². The van der Waals surface area contributed by atoms with Gasteiger partial charge >= 0.3 is 0 Å². The van der Waals surface area contributed by atoms with Crippen molar-refractivity contribution in [1.82, 2.24) is 4.90 Å². The lowest BCUT2D eigenvalue weighted by Gasteiger charge is -2.31. The largest absolute Gasteiger partial charge is 0.383 e. The molecule has 0 spiro atoms. The minimum Gasteiger partial charge on any atom is -0.383 e. The fraction of sp³-hybridized carbons (Fsp3) is 0.562. The lowest BCUT2D eigenvalue weighted by Crippen LogP contribution is -2.49. The summed E-state index contributed by atoms with van der Waals surface area (Å²) in [6.45, 7) is 3.01. The standard InChI is InChI=1S/C16H24N2O2/c1-12(14-8-9-14)18(16(19)15(17)11-20-2)10-13-6-4-3-5-7-13/h3-7,12,14-15H,8-11,17H2,1-2H3. The van der Waals surface area contributed by atoms with Gasteiger partial charge < -0.3 is 15.4 Å². The SMILES string of the molecule is COCC(N)C(=O)N(Cc1ccccc1)C(C)C1CC1. The molecule has 2 atom stereocenters. The van der Waals surface area contributed by atoms with Gasteiger partial charge in [0.05, 0.1) is 6.61 Å². The maximum absolute atomic E-state index is 12.5. The molecule has 1 fully saturated rings. The summed E-state index contributed by atoms with van der Waals surface area (Å²) in [4.78, 5) is 14.4. The quantitative estimate of drug-likeness (QED) is 0.826. The molecule has 0 bridgehead atoms. The van der Waals surface area contributed by atoms with Crippen LogP contribution in [0.4, 0.5) is 0 Å². The normalized spacial score (nSPS) is 17.6. The van der Waals surface area contributed by atoms with Gasteiger partial charge in [-0.1, -0.05) is 30.3 Å². The molecule has 4 nitrogen and oxygen atoms in total. The van der Waals surface area contributed by atoms with Crippen LogP contribution in [0.25, 0.3) is 0 Å². The molecule has 1 saturated carbocycles. The van der Waals surface area contributed by atoms with E-state index < -0.39 is 6.04 Å². The molecular formula is C16H24N2O2. The molecule has 1 aliphatic carbocycles. The Morgan fingerprint density at radius 2 is 2.05 bits per heavy atom. The van der Waals surface area contributed by atoms with Gasteiger partial charge in [-0.25, -0.2) is 0 Å². The van der Waals surface area contributed by atoms with Crippen LogP contribution in [0, 0.1) is 5.92 Å². The van der Waals surface area contributed by atoms with Crippen LogP contribution in [-0.2, 0) is 16.1 Å². The second kappa shape index (κ2) is 6.86. The predicted octanol–water partition coefficient (Wildman–Crippen LogP) is 1.79. The maximum Gasteiger partial charge on any atom is 0.242 e. The summed E-state index contributed by atoms with van der Waals surface area (Å²) in [7, 11) is 1.57. The smallest absolute Gasteiger partial charge is 0.242 e. The van der Waals surface area contributed by atoms with Crippen LogP contribution < -0.4 is 5.73 Å². The number of amides is 1. The highest BCUT2D eigenvalue weighted by atomic mass is 16.5. The first-order chi connectivity index (χ1) is 9.63. The van der Waals surface area contributed by atoms with Crippen LogP contribution in [0.5, 0.6) is 0 Å². The molecule has 2 rings (SSSR count). The first-order valence-corrected chi connectivity index (χ1v) is 7.22. The average molecular weight is 276 g/mol. The fourth-order valence-electron chi connectivity index (χ4n) is 2.50. The molecule has 0 heterocycles. The highest BCUT2D eigenvalue weighted by Crippen LogP contribution is 2.35. The van der Waals surface area contributed by atoms with Gasteiger partial charge in [-0.15, -0.1) is 0 Å². The number of rotatable bonds is 7. The van der Waals surface area contributed by atoms with Gasteiger partial charge in [-0.05, 0) is 31.2 Å². The first kappa shape index (κ1) is 15.0. The molecule has 0 aliphatic heterocycles. The van der Waals surface area contributed by atoms with Crippen molar-refractivity contribution in [1.29, 1.82) is 0 Å². The van der Waals surface area contributed by atoms with Crippen LogP contribution >= 0.6 is 0 Å². The lowest BCUT2D eigenvalue weighted by molar-refractivity contribution is -0.137. The molecule has 0 radical (unpaired) electrons. The Morgan fingerprint density at radius 3 is 2.60 bits per heavy atom. The topological polar surface area (TPSA) is 55.6 Å². The van der Waals surface area contributed by atoms with Crippen LogP contribution in [0.1, 0.15) is 25.3 Å². The number of carbonyl (C=O) groups excluding carboxylic acids is 1. The molecule has 4 heteroatoms. The molecular weight excluding hydrogens is 252 g/mol. The van der Waals surface area contributed by atoms with Gasteiger partial charge in [0.15, 0.2) is 0 Å². The average Bonchev–Trinajstić information content (AvgIpc) is 3.29. The Labute approximate surface area is 120 Å². The number of carbonyl (C=O) groups is 1. The Balaban J connectivity index is 2.09. The van der Waals surface area contributed by atoms with Crippen molar-refractivity contribution < 1.29 is 9.53 Å². The number of hydrogen-bond donors (Lipinski definition) is 1. The highest BCUT2D eigenvalue weighted by Gasteiger charge is 2.35. The number of ether oxygens (including phenoxy) is 1. The molecule has 20 heavy (non-hydrogen) atoms. The van der Waals surface area contributed by atoms with Crippen molar-refractivity contribution >= 4 is 5.91 Å². The minimum absolute atomic E-state index is 0.0184. The summed E-state index contributed by atoms with van der Waals surface area (Å²) >= 11 is 0. The van der Waals surface area contributed by atoms with Gasteiger partial charge in [0.1, 0.15) is 6.04 Å². The summed E-state index contributed by atoms with van der Waals surface area (Å²) in [6.07, 6.45) is 2.42. The van der Waals surface area contributed by atoms with E-state index in [2.05, 4.69) is 6.92 Å². The van der Waals surface area contributed by atoms with Crippen molar-refractivity contribution in [3.63, 3.8) is 0 Å². The van der Waals surface area contributed by atoms with E-state index in [1.165, 1.54) is 12.8 Å². The van der Waals surface area contributed by atoms with E-state index in [0.717, 1.165) is 5.56 Å². The zero-order valence-corrected chi connectivity index (χ0v) is 12.3. The van der Waals surface area contributed by atoms with Crippen LogP contribution in [0.15, 0.2) is 30.3 Å². The lowest BCUT2D eigenvalue weighted by atomic mass is 10.1. The number of methoxy groups -OCH3 is 1. The number of hydrogen-bond acceptors (Lipinski definition) is 3. The molecule has 1 aromatic carbocycles. The fourth-order valence-corrected chi connectivity index (χ4v) is 2.50. The molecule has 2 N–H and O–H groups in total. The van der Waals surface area contributed by atoms with Crippen LogP contribution in [0.3, 0.4) is 0 Å². The van der Waals surface area contributed by atoms with Crippen molar-refractivity contribution in [3.8, 4) is 0 Å². The van der Waals surface area contributed by atoms with Crippen molar-refractivity contribution in [2.24, 2.45) is 11.7 Å². The Kier molecular flexibility index (Phi) is 5.15. The molecule has 1 aliphatic rings. The third kappa shape index (κ3) is 3.81. The predicted molar refractivity (Wildman–Crippen MR) is 79.0 cm³/mol. The van der Waals surface area contributed by atoms with Crippen LogP contribution in [-0.4, -0.2) is 36.6 Å². The van der Waals surface area contributed by atoms with Crippen molar-refractivity contribution in [3.05, 3.63) is 35.9 Å². The van der Waals surface area contributed by atoms with Gasteiger partial charge in [-0.3, -0.25) is 4.79 Å². The molecule has 2 unspecified atom stereocenters. The second-order valence-corrected chi connectivity index (χ2v) is 5.59. The highest BCUT2D eigenvalue weighted by molar-refractivity contribution is 5.82. The molecule has 1 amide bonds. The van der Waals surface area contributed by atoms with Crippen molar-refractivity contribution in [2.45, 2.75) is 38.4 Å². The first-order valence-electron chi connectivity index (χ1n) is 7.22. The summed E-state index contributed by atoms with van der Waals surface area (Å²) in [5.74, 6) is 0.604. The number of benzene rings is 1. The van der Waals surface area contributed by atoms with Gasteiger partial charge in [0.2, 0.25) is 5.91 Å². The zero-order chi connectivity index (χ0) is 14.5. The van der Waals surface area contributed by atoms with E-state index in [9.17, 15) is 4.79 Å². The maximum atomic E-state index is 12.5. The summed E-state index contributed by atoms with van der Waals surface area (Å²) in [6, 6.07) is 9.72. The van der Waals surface area contributed by atoms with Gasteiger partial charge in [-0.2, -0.15) is 0 Å². The molecule has 0 saturated heterocycles. The Bertz CT molecular complexity index is 431. The summed E-state index contributed by atoms with van der Waals surface area (Å²) in [5, 5.41) is 0. The van der Waals surface area contributed by atoms with E-state index in [0.29, 0.717) is 12.5 Å². The van der Waals surface area contributed by atoms with Gasteiger partial charge in [0.25, 0.3) is 0 Å². The Hall–Kier alpha value is -1.39. The summed E-state index contributed by atoms with van der Waals surface area (Å²) in [5.41, 5.74) is 7.06. The van der Waals surface area contributed by atoms with E-state index in [1.807, 2.05) is 35.2 Å². The summed E-state index contributed by atoms with van der Waals surface area (Å²) < 4.78 is 5.01. The van der Waals surface area contributed by atoms with E-state index in [-0.39, 0.29) is 18.6 Å². The third-order valence-electron chi connectivity index (χ3n) is 3.94. The second-order valence-electron chi connectivity index (χ2n) is 5.59. The van der Waals surface area contributed by atoms with Crippen molar-refractivity contribution in [2.75, 3.05) is 13.7 Å². The Morgan fingerprint density at radius 1 is 1.40 bits per heavy atom. The van der Waals surface area contributed by atoms with E-state index in [1.54, 1.807) is 7.11 Å². The third-order valence-corrected chi connectivity index (χ3v) is 3.94. The minimum atomic E-state index is -0.579. The van der Waals surface area contributed by atoms with E-state index >= 15 is 0 Å². The molecule has 110 valence electrons. The van der Waals surface area contributed by atoms with Gasteiger partial charge in [0, 0.05) is 19.7 Å². The molecule has 0 aromatic heterocycles. The van der Waals surface area contributed by atoms with Crippen LogP contribution in [0.2, 0.25) is 0 Å². The molecule has 1 aromatic rings. The monoisotopic (exact) mass is 276 g/mol. The number of nitrogens with two attached hydrogens (primary N) is 1.